The first kappa shape index (κ1) is 11.1. The van der Waals surface area contributed by atoms with Crippen molar-refractivity contribution in [2.75, 3.05) is 6.54 Å². The van der Waals surface area contributed by atoms with E-state index in [1.54, 1.807) is 16.6 Å². The fraction of sp³-hybridized carbons (Fsp3) is 0.400. The number of halogens is 1. The van der Waals surface area contributed by atoms with Crippen molar-refractivity contribution in [3.8, 4) is 0 Å². The highest BCUT2D eigenvalue weighted by atomic mass is 35.5. The van der Waals surface area contributed by atoms with Crippen molar-refractivity contribution in [3.63, 3.8) is 0 Å². The maximum atomic E-state index is 11.1. The molecule has 15 heavy (non-hydrogen) atoms. The second kappa shape index (κ2) is 4.61. The van der Waals surface area contributed by atoms with Crippen LogP contribution in [0.5, 0.6) is 0 Å². The Morgan fingerprint density at radius 3 is 2.80 bits per heavy atom. The predicted octanol–water partition coefficient (Wildman–Crippen LogP) is 2.56. The maximum Gasteiger partial charge on any atom is 0.186 e. The van der Waals surface area contributed by atoms with Gasteiger partial charge in [0, 0.05) is 6.54 Å². The summed E-state index contributed by atoms with van der Waals surface area (Å²) in [6.45, 7) is 0.832. The summed E-state index contributed by atoms with van der Waals surface area (Å²) < 4.78 is 22.0. The lowest BCUT2D eigenvalue weighted by molar-refractivity contribution is 0.429. The van der Waals surface area contributed by atoms with Crippen LogP contribution in [0.2, 0.25) is 0 Å². The van der Waals surface area contributed by atoms with Gasteiger partial charge in [-0.1, -0.05) is 18.2 Å². The molecule has 1 aromatic carbocycles. The third-order valence-electron chi connectivity index (χ3n) is 2.65. The predicted molar refractivity (Wildman–Crippen MR) is 60.0 cm³/mol. The number of nitrogens with zero attached hydrogens (tertiary/aromatic N) is 1. The van der Waals surface area contributed by atoms with Gasteiger partial charge in [0.2, 0.25) is 0 Å². The van der Waals surface area contributed by atoms with Crippen molar-refractivity contribution < 1.29 is 8.76 Å². The van der Waals surface area contributed by atoms with Gasteiger partial charge in [-0.05, 0) is 36.2 Å². The number of rotatable bonds is 2. The molecule has 0 saturated carbocycles. The highest BCUT2D eigenvalue weighted by Crippen LogP contribution is 2.35. The van der Waals surface area contributed by atoms with E-state index in [1.165, 1.54) is 0 Å². The van der Waals surface area contributed by atoms with Gasteiger partial charge in [-0.25, -0.2) is 8.63 Å². The summed E-state index contributed by atoms with van der Waals surface area (Å²) in [5, 5.41) is 0. The van der Waals surface area contributed by atoms with Gasteiger partial charge in [-0.15, -0.1) is 0 Å². The molecule has 0 spiro atoms. The average Bonchev–Trinajstić information content (AvgIpc) is 2.64. The van der Waals surface area contributed by atoms with Gasteiger partial charge in [0.15, 0.2) is 11.1 Å². The van der Waals surface area contributed by atoms with E-state index in [-0.39, 0.29) is 6.04 Å². The standard InChI is InChI=1S/C10H12ClNO2S/c11-12-7-3-5-9(12)8-4-1-2-6-10(8)15(13)14/h1-2,4,6,9H,3,5,7H2,(H,13,14). The molecule has 5 heteroatoms. The molecule has 2 rings (SSSR count). The zero-order chi connectivity index (χ0) is 10.8. The van der Waals surface area contributed by atoms with Crippen LogP contribution in [0.4, 0.5) is 0 Å². The normalized spacial score (nSPS) is 24.3. The Morgan fingerprint density at radius 2 is 2.20 bits per heavy atom. The van der Waals surface area contributed by atoms with Crippen molar-refractivity contribution in [2.45, 2.75) is 23.8 Å². The van der Waals surface area contributed by atoms with Crippen LogP contribution in [0.25, 0.3) is 0 Å². The molecular formula is C10H12ClNO2S. The maximum absolute atomic E-state index is 11.1. The lowest BCUT2D eigenvalue weighted by Gasteiger charge is -2.18. The van der Waals surface area contributed by atoms with E-state index >= 15 is 0 Å². The summed E-state index contributed by atoms with van der Waals surface area (Å²) in [6, 6.07) is 7.25. The molecule has 82 valence electrons. The Bertz CT molecular complexity index is 385. The van der Waals surface area contributed by atoms with Crippen LogP contribution >= 0.6 is 11.8 Å². The van der Waals surface area contributed by atoms with Crippen LogP contribution in [0.15, 0.2) is 29.2 Å². The van der Waals surface area contributed by atoms with Gasteiger partial charge >= 0.3 is 0 Å². The minimum Gasteiger partial charge on any atom is -0.302 e. The van der Waals surface area contributed by atoms with Crippen LogP contribution < -0.4 is 0 Å². The third-order valence-corrected chi connectivity index (χ3v) is 3.81. The molecule has 2 unspecified atom stereocenters. The lowest BCUT2D eigenvalue weighted by Crippen LogP contribution is -2.13. The molecule has 3 nitrogen and oxygen atoms in total. The first-order valence-electron chi connectivity index (χ1n) is 4.82. The minimum absolute atomic E-state index is 0.0685. The van der Waals surface area contributed by atoms with Crippen molar-refractivity contribution in [1.82, 2.24) is 4.42 Å². The van der Waals surface area contributed by atoms with E-state index in [4.69, 9.17) is 16.3 Å². The third kappa shape index (κ3) is 2.23. The summed E-state index contributed by atoms with van der Waals surface area (Å²) >= 11 is 4.11. The minimum atomic E-state index is -1.94. The van der Waals surface area contributed by atoms with E-state index < -0.39 is 11.1 Å². The molecule has 1 heterocycles. The van der Waals surface area contributed by atoms with Gasteiger partial charge < -0.3 is 4.55 Å². The Balaban J connectivity index is 2.38. The number of hydrogen-bond donors (Lipinski definition) is 1. The SMILES string of the molecule is O=S(O)c1ccccc1C1CCCN1Cl. The first-order chi connectivity index (χ1) is 7.20. The molecule has 1 aliphatic heterocycles. The molecule has 0 radical (unpaired) electrons. The Labute approximate surface area is 96.4 Å². The van der Waals surface area contributed by atoms with Crippen molar-refractivity contribution in [2.24, 2.45) is 0 Å². The molecule has 0 bridgehead atoms. The molecule has 1 fully saturated rings. The van der Waals surface area contributed by atoms with Crippen LogP contribution in [-0.4, -0.2) is 19.7 Å². The molecule has 2 atom stereocenters. The zero-order valence-electron chi connectivity index (χ0n) is 8.10. The van der Waals surface area contributed by atoms with Crippen LogP contribution in [0.1, 0.15) is 24.4 Å². The van der Waals surface area contributed by atoms with E-state index in [0.717, 1.165) is 24.9 Å². The van der Waals surface area contributed by atoms with E-state index in [9.17, 15) is 4.21 Å². The molecule has 1 N–H and O–H groups in total. The van der Waals surface area contributed by atoms with Gasteiger partial charge in [-0.3, -0.25) is 0 Å². The van der Waals surface area contributed by atoms with Crippen molar-refractivity contribution >= 4 is 22.9 Å². The Hall–Kier alpha value is -0.420. The Kier molecular flexibility index (Phi) is 3.41. The summed E-state index contributed by atoms with van der Waals surface area (Å²) in [7, 11) is 0. The second-order valence-corrected chi connectivity index (χ2v) is 4.94. The highest BCUT2D eigenvalue weighted by Gasteiger charge is 2.27. The summed E-state index contributed by atoms with van der Waals surface area (Å²) in [5.74, 6) is 0. The average molecular weight is 246 g/mol. The number of hydrogen-bond acceptors (Lipinski definition) is 2. The molecule has 1 aromatic rings. The second-order valence-electron chi connectivity index (χ2n) is 3.57. The van der Waals surface area contributed by atoms with E-state index in [1.807, 2.05) is 12.1 Å². The Morgan fingerprint density at radius 1 is 1.47 bits per heavy atom. The number of benzene rings is 1. The topological polar surface area (TPSA) is 40.5 Å². The van der Waals surface area contributed by atoms with Gasteiger partial charge in [0.25, 0.3) is 0 Å². The highest BCUT2D eigenvalue weighted by molar-refractivity contribution is 7.79. The fourth-order valence-corrected chi connectivity index (χ4v) is 2.88. The largest absolute Gasteiger partial charge is 0.302 e. The zero-order valence-corrected chi connectivity index (χ0v) is 9.67. The van der Waals surface area contributed by atoms with Crippen LogP contribution in [0.3, 0.4) is 0 Å². The summed E-state index contributed by atoms with van der Waals surface area (Å²) in [4.78, 5) is 0.468. The van der Waals surface area contributed by atoms with E-state index in [0.29, 0.717) is 4.90 Å². The first-order valence-corrected chi connectivity index (χ1v) is 6.27. The quantitative estimate of drug-likeness (QED) is 0.643. The summed E-state index contributed by atoms with van der Waals surface area (Å²) in [5.41, 5.74) is 0.867. The van der Waals surface area contributed by atoms with Gasteiger partial charge in [0.1, 0.15) is 0 Å². The monoisotopic (exact) mass is 245 g/mol. The molecule has 0 amide bonds. The molecule has 1 saturated heterocycles. The summed E-state index contributed by atoms with van der Waals surface area (Å²) in [6.07, 6.45) is 1.97. The smallest absolute Gasteiger partial charge is 0.186 e. The molecule has 1 aliphatic rings. The molecule has 0 aliphatic carbocycles. The van der Waals surface area contributed by atoms with Gasteiger partial charge in [0.05, 0.1) is 10.9 Å². The van der Waals surface area contributed by atoms with Crippen LogP contribution in [0, 0.1) is 0 Å². The van der Waals surface area contributed by atoms with E-state index in [2.05, 4.69) is 0 Å². The van der Waals surface area contributed by atoms with Crippen molar-refractivity contribution in [3.05, 3.63) is 29.8 Å². The molecular weight excluding hydrogens is 234 g/mol. The molecule has 0 aromatic heterocycles. The lowest BCUT2D eigenvalue weighted by atomic mass is 10.1. The fourth-order valence-electron chi connectivity index (χ4n) is 1.95. The van der Waals surface area contributed by atoms with Crippen LogP contribution in [-0.2, 0) is 11.1 Å². The van der Waals surface area contributed by atoms with Gasteiger partial charge in [-0.2, -0.15) is 0 Å². The van der Waals surface area contributed by atoms with Crippen molar-refractivity contribution in [1.29, 1.82) is 0 Å².